The summed E-state index contributed by atoms with van der Waals surface area (Å²) in [5.74, 6) is 0. The molecule has 0 saturated heterocycles. The molecule has 0 heterocycles. The Labute approximate surface area is 275 Å². The minimum Gasteiger partial charge on any atom is -0.744 e. The van der Waals surface area contributed by atoms with Gasteiger partial charge in [-0.25, -0.2) is 16.8 Å². The third-order valence-electron chi connectivity index (χ3n) is 6.99. The molecule has 0 aliphatic heterocycles. The van der Waals surface area contributed by atoms with Crippen LogP contribution in [0.25, 0.3) is 21.5 Å². The van der Waals surface area contributed by atoms with E-state index in [1.807, 2.05) is 36.4 Å². The van der Waals surface area contributed by atoms with Gasteiger partial charge in [0, 0.05) is 0 Å². The molecule has 0 saturated carbocycles. The Morgan fingerprint density at radius 2 is 0.927 bits per heavy atom. The van der Waals surface area contributed by atoms with Gasteiger partial charge in [-0.1, -0.05) is 113 Å². The van der Waals surface area contributed by atoms with Crippen molar-refractivity contribution in [3.63, 3.8) is 0 Å². The summed E-state index contributed by atoms with van der Waals surface area (Å²) >= 11 is 0. The zero-order valence-corrected chi connectivity index (χ0v) is 27.8. The van der Waals surface area contributed by atoms with Crippen LogP contribution in [0.1, 0.15) is 76.3 Å². The molecule has 0 atom stereocenters. The van der Waals surface area contributed by atoms with Crippen LogP contribution < -0.4 is 0 Å². The van der Waals surface area contributed by atoms with E-state index in [4.69, 9.17) is 0 Å². The van der Waals surface area contributed by atoms with Crippen molar-refractivity contribution < 1.29 is 25.9 Å². The fourth-order valence-corrected chi connectivity index (χ4v) is 6.27. The molecule has 6 nitrogen and oxygen atoms in total. The van der Waals surface area contributed by atoms with Crippen LogP contribution in [0, 0.1) is 0 Å². The summed E-state index contributed by atoms with van der Waals surface area (Å²) in [7, 11) is -8.83. The minimum absolute atomic E-state index is 0. The number of hydrogen-bond donors (Lipinski definition) is 0. The molecule has 0 aliphatic carbocycles. The summed E-state index contributed by atoms with van der Waals surface area (Å²) in [5, 5.41) is 2.66. The molecule has 0 unspecified atom stereocenters. The van der Waals surface area contributed by atoms with Gasteiger partial charge in [-0.05, 0) is 70.5 Å². The van der Waals surface area contributed by atoms with E-state index in [0.29, 0.717) is 10.8 Å². The van der Waals surface area contributed by atoms with Crippen molar-refractivity contribution in [1.82, 2.24) is 0 Å². The molecule has 9 heteroatoms. The van der Waals surface area contributed by atoms with Crippen molar-refractivity contribution in [1.29, 1.82) is 0 Å². The predicted octanol–water partition coefficient (Wildman–Crippen LogP) is 7.35. The number of fused-ring (bicyclic) bond motifs is 2. The molecule has 0 spiro atoms. The Hall–Kier alpha value is -1.52. The molecule has 41 heavy (non-hydrogen) atoms. The first-order valence-electron chi connectivity index (χ1n) is 14.0. The van der Waals surface area contributed by atoms with Crippen molar-refractivity contribution in [3.8, 4) is 0 Å². The number of hydrogen-bond acceptors (Lipinski definition) is 6. The molecule has 0 aliphatic rings. The quantitative estimate of drug-likeness (QED) is 0.0927. The van der Waals surface area contributed by atoms with Gasteiger partial charge in [-0.3, -0.25) is 0 Å². The maximum Gasteiger partial charge on any atom is 2.00 e. The first kappa shape index (κ1) is 35.7. The fourth-order valence-electron chi connectivity index (χ4n) is 4.87. The Balaban J connectivity index is 0.000000280. The van der Waals surface area contributed by atoms with Gasteiger partial charge in [-0.2, -0.15) is 0 Å². The van der Waals surface area contributed by atoms with Gasteiger partial charge in [0.25, 0.3) is 0 Å². The molecule has 0 aromatic heterocycles. The Bertz CT molecular complexity index is 1510. The molecular formula is C32H38CaO6S2. The van der Waals surface area contributed by atoms with Crippen molar-refractivity contribution in [2.75, 3.05) is 0 Å². The van der Waals surface area contributed by atoms with E-state index < -0.39 is 20.2 Å². The second-order valence-corrected chi connectivity index (χ2v) is 12.8. The molecule has 4 aromatic rings. The molecule has 4 aromatic carbocycles. The molecule has 0 N–H and O–H groups in total. The van der Waals surface area contributed by atoms with Gasteiger partial charge in [0.2, 0.25) is 0 Å². The zero-order valence-electron chi connectivity index (χ0n) is 24.0. The standard InChI is InChI=1S/2C16H20O3S.Ca/c2*1-2-3-4-5-7-13-10-11-15-14(12-13)8-6-9-16(15)20(17,18)19;/h2*6,8-12H,2-5,7H2,1H3,(H,17,18,19);/q;;+2/p-2. The minimum atomic E-state index is -4.42. The van der Waals surface area contributed by atoms with Gasteiger partial charge >= 0.3 is 37.7 Å². The van der Waals surface area contributed by atoms with Crippen molar-refractivity contribution in [2.45, 2.75) is 87.8 Å². The first-order chi connectivity index (χ1) is 19.0. The molecule has 0 radical (unpaired) electrons. The SMILES string of the molecule is CCCCCCc1ccc2c(S(=O)(=O)[O-])cccc2c1.CCCCCCc1ccc2c(S(=O)(=O)[O-])cccc2c1.[Ca+2]. The smallest absolute Gasteiger partial charge is 0.744 e. The zero-order chi connectivity index (χ0) is 29.2. The average Bonchev–Trinajstić information content (AvgIpc) is 2.92. The first-order valence-corrected chi connectivity index (χ1v) is 16.8. The molecule has 216 valence electrons. The maximum absolute atomic E-state index is 11.2. The largest absolute Gasteiger partial charge is 2.00 e. The van der Waals surface area contributed by atoms with E-state index >= 15 is 0 Å². The van der Waals surface area contributed by atoms with E-state index in [0.717, 1.165) is 36.5 Å². The second kappa shape index (κ2) is 16.9. The summed E-state index contributed by atoms with van der Waals surface area (Å²) in [4.78, 5) is -0.264. The van der Waals surface area contributed by atoms with Crippen LogP contribution in [0.2, 0.25) is 0 Å². The second-order valence-electron chi connectivity index (χ2n) is 10.2. The van der Waals surface area contributed by atoms with E-state index in [1.54, 1.807) is 24.3 Å². The van der Waals surface area contributed by atoms with Gasteiger partial charge in [0.05, 0.1) is 9.79 Å². The van der Waals surface area contributed by atoms with Crippen LogP contribution in [-0.4, -0.2) is 63.7 Å². The summed E-state index contributed by atoms with van der Waals surface area (Å²) < 4.78 is 67.3. The summed E-state index contributed by atoms with van der Waals surface area (Å²) in [5.41, 5.74) is 2.38. The van der Waals surface area contributed by atoms with Crippen LogP contribution in [0.3, 0.4) is 0 Å². The molecular weight excluding hydrogens is 585 g/mol. The topological polar surface area (TPSA) is 114 Å². The van der Waals surface area contributed by atoms with E-state index in [-0.39, 0.29) is 47.5 Å². The third kappa shape index (κ3) is 10.9. The van der Waals surface area contributed by atoms with Gasteiger partial charge in [0.1, 0.15) is 20.2 Å². The van der Waals surface area contributed by atoms with Crippen molar-refractivity contribution in [3.05, 3.63) is 83.9 Å². The van der Waals surface area contributed by atoms with Crippen molar-refractivity contribution >= 4 is 79.5 Å². The third-order valence-corrected chi connectivity index (χ3v) is 8.78. The fraction of sp³-hybridized carbons (Fsp3) is 0.375. The predicted molar refractivity (Wildman–Crippen MR) is 165 cm³/mol. The number of aryl methyl sites for hydroxylation is 2. The Morgan fingerprint density at radius 3 is 1.27 bits per heavy atom. The van der Waals surface area contributed by atoms with Crippen LogP contribution in [0.15, 0.2) is 82.6 Å². The van der Waals surface area contributed by atoms with Crippen molar-refractivity contribution in [2.24, 2.45) is 0 Å². The van der Waals surface area contributed by atoms with Gasteiger partial charge in [-0.15, -0.1) is 0 Å². The normalized spacial score (nSPS) is 11.6. The monoisotopic (exact) mass is 622 g/mol. The molecule has 0 amide bonds. The van der Waals surface area contributed by atoms with E-state index in [2.05, 4.69) is 13.8 Å². The molecule has 0 bridgehead atoms. The number of benzene rings is 4. The molecule has 4 rings (SSSR count). The summed E-state index contributed by atoms with van der Waals surface area (Å²) in [6.45, 7) is 4.36. The van der Waals surface area contributed by atoms with Crippen LogP contribution >= 0.6 is 0 Å². The number of unbranched alkanes of at least 4 members (excludes halogenated alkanes) is 6. The van der Waals surface area contributed by atoms with E-state index in [9.17, 15) is 25.9 Å². The number of rotatable bonds is 12. The van der Waals surface area contributed by atoms with E-state index in [1.165, 1.54) is 61.8 Å². The Kier molecular flexibility index (Phi) is 14.7. The average molecular weight is 623 g/mol. The van der Waals surface area contributed by atoms with Crippen LogP contribution in [0.4, 0.5) is 0 Å². The summed E-state index contributed by atoms with van der Waals surface area (Å²) in [6, 6.07) is 21.0. The van der Waals surface area contributed by atoms with Gasteiger partial charge < -0.3 is 9.11 Å². The molecule has 0 fully saturated rings. The van der Waals surface area contributed by atoms with Crippen LogP contribution in [0.5, 0.6) is 0 Å². The maximum atomic E-state index is 11.2. The van der Waals surface area contributed by atoms with Crippen LogP contribution in [-0.2, 0) is 33.1 Å². The summed E-state index contributed by atoms with van der Waals surface area (Å²) in [6.07, 6.45) is 11.6. The Morgan fingerprint density at radius 1 is 0.537 bits per heavy atom. The van der Waals surface area contributed by atoms with Gasteiger partial charge in [0.15, 0.2) is 0 Å².